The molecule has 1 amide bonds. The van der Waals surface area contributed by atoms with E-state index in [0.29, 0.717) is 43.6 Å². The van der Waals surface area contributed by atoms with Crippen LogP contribution in [0.2, 0.25) is 0 Å². The van der Waals surface area contributed by atoms with Gasteiger partial charge in [-0.15, -0.1) is 0 Å². The molecule has 2 N–H and O–H groups in total. The molecule has 0 radical (unpaired) electrons. The van der Waals surface area contributed by atoms with E-state index in [1.54, 1.807) is 0 Å². The molecule has 1 aliphatic carbocycles. The average Bonchev–Trinajstić information content (AvgIpc) is 2.95. The van der Waals surface area contributed by atoms with Crippen LogP contribution in [0.1, 0.15) is 54.0 Å². The summed E-state index contributed by atoms with van der Waals surface area (Å²) in [6.07, 6.45) is 1.29. The summed E-state index contributed by atoms with van der Waals surface area (Å²) in [5.74, 6) is -0.785. The van der Waals surface area contributed by atoms with Crippen LogP contribution in [0.3, 0.4) is 0 Å². The Balaban J connectivity index is 1.40. The fourth-order valence-corrected chi connectivity index (χ4v) is 5.34. The highest BCUT2D eigenvalue weighted by molar-refractivity contribution is 5.88. The molecule has 0 bridgehead atoms. The largest absolute Gasteiger partial charge is 0.489 e. The SMILES string of the molecule is O=C(O)[C@@H]1Cc2c(cccc2OCc2ccccc2)CN1C(=O)[C@@H](O[C@H]1CC[C@@H](O)CC1)c1ccccc1. The average molecular weight is 516 g/mol. The summed E-state index contributed by atoms with van der Waals surface area (Å²) in [6.45, 7) is 0.529. The number of hydrogen-bond donors (Lipinski definition) is 2. The first-order valence-electron chi connectivity index (χ1n) is 13.2. The maximum Gasteiger partial charge on any atom is 0.326 e. The number of aliphatic hydroxyl groups is 1. The number of fused-ring (bicyclic) bond motifs is 1. The van der Waals surface area contributed by atoms with Crippen LogP contribution in [-0.4, -0.2) is 45.2 Å². The van der Waals surface area contributed by atoms with E-state index in [4.69, 9.17) is 9.47 Å². The number of hydrogen-bond acceptors (Lipinski definition) is 5. The number of aliphatic hydroxyl groups excluding tert-OH is 1. The van der Waals surface area contributed by atoms with Gasteiger partial charge in [0.25, 0.3) is 5.91 Å². The molecular weight excluding hydrogens is 482 g/mol. The van der Waals surface area contributed by atoms with E-state index >= 15 is 0 Å². The second-order valence-electron chi connectivity index (χ2n) is 10.0. The second kappa shape index (κ2) is 11.8. The van der Waals surface area contributed by atoms with Crippen LogP contribution in [0, 0.1) is 0 Å². The molecule has 3 aromatic carbocycles. The van der Waals surface area contributed by atoms with Crippen molar-refractivity contribution >= 4 is 11.9 Å². The van der Waals surface area contributed by atoms with Crippen molar-refractivity contribution in [2.75, 3.05) is 0 Å². The predicted molar refractivity (Wildman–Crippen MR) is 141 cm³/mol. The summed E-state index contributed by atoms with van der Waals surface area (Å²) in [6, 6.07) is 23.6. The number of carboxylic acid groups (broad SMARTS) is 1. The Hall–Kier alpha value is -3.68. The number of aliphatic carboxylic acids is 1. The van der Waals surface area contributed by atoms with Gasteiger partial charge in [0.15, 0.2) is 6.10 Å². The van der Waals surface area contributed by atoms with Crippen molar-refractivity contribution in [1.29, 1.82) is 0 Å². The fraction of sp³-hybridized carbons (Fsp3) is 0.355. The molecule has 5 rings (SSSR count). The standard InChI is InChI=1S/C31H33NO6/c33-24-14-16-25(17-15-24)38-29(22-10-5-2-6-11-22)30(34)32-19-23-12-7-13-28(26(23)18-27(32)31(35)36)37-20-21-8-3-1-4-9-21/h1-13,24-25,27,29,33H,14-20H2,(H,35,36)/t24-,25+,27-,29-/m0/s1. The normalized spacial score (nSPS) is 21.8. The number of rotatable bonds is 8. The molecule has 198 valence electrons. The highest BCUT2D eigenvalue weighted by Gasteiger charge is 2.40. The van der Waals surface area contributed by atoms with Gasteiger partial charge in [0.05, 0.1) is 12.2 Å². The topological polar surface area (TPSA) is 96.3 Å². The zero-order chi connectivity index (χ0) is 26.5. The van der Waals surface area contributed by atoms with Crippen molar-refractivity contribution in [1.82, 2.24) is 4.90 Å². The van der Waals surface area contributed by atoms with Gasteiger partial charge in [-0.1, -0.05) is 72.8 Å². The molecule has 0 saturated heterocycles. The molecule has 3 aromatic rings. The van der Waals surface area contributed by atoms with Crippen molar-refractivity contribution in [2.45, 2.75) is 69.6 Å². The van der Waals surface area contributed by atoms with Gasteiger partial charge in [-0.05, 0) is 48.4 Å². The van der Waals surface area contributed by atoms with Crippen LogP contribution >= 0.6 is 0 Å². The lowest BCUT2D eigenvalue weighted by Crippen LogP contribution is -2.51. The highest BCUT2D eigenvalue weighted by atomic mass is 16.5. The van der Waals surface area contributed by atoms with Gasteiger partial charge in [0.1, 0.15) is 18.4 Å². The molecule has 7 nitrogen and oxygen atoms in total. The van der Waals surface area contributed by atoms with Gasteiger partial charge >= 0.3 is 5.97 Å². The van der Waals surface area contributed by atoms with Crippen molar-refractivity contribution in [3.05, 3.63) is 101 Å². The van der Waals surface area contributed by atoms with Crippen molar-refractivity contribution in [2.24, 2.45) is 0 Å². The van der Waals surface area contributed by atoms with E-state index in [0.717, 1.165) is 16.7 Å². The summed E-state index contributed by atoms with van der Waals surface area (Å²) >= 11 is 0. The van der Waals surface area contributed by atoms with Gasteiger partial charge in [-0.2, -0.15) is 0 Å². The first kappa shape index (κ1) is 25.9. The molecular formula is C31H33NO6. The molecule has 2 aliphatic rings. The molecule has 1 fully saturated rings. The van der Waals surface area contributed by atoms with Crippen LogP contribution in [0.5, 0.6) is 5.75 Å². The lowest BCUT2D eigenvalue weighted by Gasteiger charge is -2.38. The minimum atomic E-state index is -1.06. The van der Waals surface area contributed by atoms with Crippen LogP contribution in [0.4, 0.5) is 0 Å². The van der Waals surface area contributed by atoms with Gasteiger partial charge < -0.3 is 24.6 Å². The number of amides is 1. The molecule has 1 aliphatic heterocycles. The zero-order valence-corrected chi connectivity index (χ0v) is 21.2. The molecule has 0 aromatic heterocycles. The number of ether oxygens (including phenoxy) is 2. The Bertz CT molecular complexity index is 1240. The summed E-state index contributed by atoms with van der Waals surface area (Å²) in [7, 11) is 0. The van der Waals surface area contributed by atoms with Crippen molar-refractivity contribution < 1.29 is 29.3 Å². The van der Waals surface area contributed by atoms with E-state index < -0.39 is 18.1 Å². The van der Waals surface area contributed by atoms with Gasteiger partial charge in [0, 0.05) is 18.5 Å². The van der Waals surface area contributed by atoms with Crippen LogP contribution < -0.4 is 4.74 Å². The quantitative estimate of drug-likeness (QED) is 0.453. The minimum absolute atomic E-state index is 0.151. The molecule has 0 unspecified atom stereocenters. The first-order valence-corrected chi connectivity index (χ1v) is 13.2. The number of carbonyl (C=O) groups excluding carboxylic acids is 1. The third-order valence-corrected chi connectivity index (χ3v) is 7.45. The van der Waals surface area contributed by atoms with Gasteiger partial charge in [0.2, 0.25) is 0 Å². The Kier molecular flexibility index (Phi) is 8.05. The number of benzene rings is 3. The molecule has 2 atom stereocenters. The zero-order valence-electron chi connectivity index (χ0n) is 21.2. The fourth-order valence-electron chi connectivity index (χ4n) is 5.34. The summed E-state index contributed by atoms with van der Waals surface area (Å²) in [5, 5.41) is 20.1. The van der Waals surface area contributed by atoms with Crippen LogP contribution in [0.15, 0.2) is 78.9 Å². The Morgan fingerprint density at radius 3 is 2.26 bits per heavy atom. The van der Waals surface area contributed by atoms with E-state index in [9.17, 15) is 19.8 Å². The lowest BCUT2D eigenvalue weighted by atomic mass is 9.91. The van der Waals surface area contributed by atoms with Crippen molar-refractivity contribution in [3.8, 4) is 5.75 Å². The Labute approximate surface area is 222 Å². The highest BCUT2D eigenvalue weighted by Crippen LogP contribution is 2.35. The first-order chi connectivity index (χ1) is 18.5. The summed E-state index contributed by atoms with van der Waals surface area (Å²) in [5.41, 5.74) is 3.40. The maximum absolute atomic E-state index is 14.0. The Morgan fingerprint density at radius 2 is 1.58 bits per heavy atom. The third kappa shape index (κ3) is 5.90. The molecule has 1 heterocycles. The number of carbonyl (C=O) groups is 2. The summed E-state index contributed by atoms with van der Waals surface area (Å²) < 4.78 is 12.4. The Morgan fingerprint density at radius 1 is 0.895 bits per heavy atom. The smallest absolute Gasteiger partial charge is 0.326 e. The number of carboxylic acids is 1. The lowest BCUT2D eigenvalue weighted by molar-refractivity contribution is -0.161. The molecule has 1 saturated carbocycles. The molecule has 7 heteroatoms. The number of nitrogens with zero attached hydrogens (tertiary/aromatic N) is 1. The van der Waals surface area contributed by atoms with Gasteiger partial charge in [-0.25, -0.2) is 4.79 Å². The summed E-state index contributed by atoms with van der Waals surface area (Å²) in [4.78, 5) is 27.9. The maximum atomic E-state index is 14.0. The van der Waals surface area contributed by atoms with E-state index in [-0.39, 0.29) is 31.1 Å². The van der Waals surface area contributed by atoms with Gasteiger partial charge in [-0.3, -0.25) is 4.79 Å². The molecule has 38 heavy (non-hydrogen) atoms. The molecule has 0 spiro atoms. The third-order valence-electron chi connectivity index (χ3n) is 7.45. The van der Waals surface area contributed by atoms with Crippen molar-refractivity contribution in [3.63, 3.8) is 0 Å². The van der Waals surface area contributed by atoms with Crippen LogP contribution in [0.25, 0.3) is 0 Å². The minimum Gasteiger partial charge on any atom is -0.489 e. The second-order valence-corrected chi connectivity index (χ2v) is 10.0. The van der Waals surface area contributed by atoms with E-state index in [1.165, 1.54) is 4.90 Å². The van der Waals surface area contributed by atoms with Crippen LogP contribution in [-0.2, 0) is 33.9 Å². The predicted octanol–water partition coefficient (Wildman–Crippen LogP) is 4.66. The van der Waals surface area contributed by atoms with E-state index in [1.807, 2.05) is 78.9 Å². The van der Waals surface area contributed by atoms with E-state index in [2.05, 4.69) is 0 Å². The monoisotopic (exact) mass is 515 g/mol.